The first kappa shape index (κ1) is 21.9. The molecule has 2 aromatic rings. The van der Waals surface area contributed by atoms with E-state index in [0.29, 0.717) is 35.3 Å². The zero-order valence-corrected chi connectivity index (χ0v) is 19.2. The highest BCUT2D eigenvalue weighted by molar-refractivity contribution is 6.33. The van der Waals surface area contributed by atoms with Crippen molar-refractivity contribution in [2.75, 3.05) is 10.6 Å². The summed E-state index contributed by atoms with van der Waals surface area (Å²) in [4.78, 5) is 36.2. The van der Waals surface area contributed by atoms with Gasteiger partial charge in [-0.3, -0.25) is 14.4 Å². The number of benzene rings is 1. The average Bonchev–Trinajstić information content (AvgIpc) is 2.70. The van der Waals surface area contributed by atoms with Gasteiger partial charge in [0.05, 0.1) is 23.8 Å². The van der Waals surface area contributed by atoms with Gasteiger partial charge in [0, 0.05) is 18.3 Å². The van der Waals surface area contributed by atoms with Crippen LogP contribution in [0.3, 0.4) is 0 Å². The van der Waals surface area contributed by atoms with Crippen LogP contribution in [0.4, 0.5) is 17.1 Å². The van der Waals surface area contributed by atoms with E-state index >= 15 is 0 Å². The highest BCUT2D eigenvalue weighted by Crippen LogP contribution is 2.65. The molecule has 174 valence electrons. The number of carbonyl (C=O) groups excluding carboxylic acids is 1. The van der Waals surface area contributed by atoms with E-state index in [0.717, 1.165) is 32.1 Å². The van der Waals surface area contributed by atoms with Gasteiger partial charge in [-0.05, 0) is 80.0 Å². The largest absolute Gasteiger partial charge is 0.481 e. The minimum absolute atomic E-state index is 0.0685. The zero-order chi connectivity index (χ0) is 23.4. The van der Waals surface area contributed by atoms with Crippen LogP contribution in [0.2, 0.25) is 5.02 Å². The van der Waals surface area contributed by atoms with E-state index in [1.807, 2.05) is 0 Å². The number of rotatable bonds is 6. The maximum atomic E-state index is 13.4. The fraction of sp³-hybridized carbons (Fsp3) is 0.500. The number of hydrogen-bond donors (Lipinski definition) is 3. The zero-order valence-electron chi connectivity index (χ0n) is 18.4. The molecule has 2 unspecified atom stereocenters. The normalized spacial score (nSPS) is 29.6. The van der Waals surface area contributed by atoms with Crippen molar-refractivity contribution in [1.82, 2.24) is 9.78 Å². The van der Waals surface area contributed by atoms with Crippen molar-refractivity contribution < 1.29 is 14.7 Å². The molecule has 9 heteroatoms. The first-order chi connectivity index (χ1) is 15.7. The molecule has 4 atom stereocenters. The Bertz CT molecular complexity index is 1160. The Morgan fingerprint density at radius 3 is 2.39 bits per heavy atom. The summed E-state index contributed by atoms with van der Waals surface area (Å²) < 4.78 is 1.55. The van der Waals surface area contributed by atoms with Crippen LogP contribution in [0, 0.1) is 17.3 Å². The Morgan fingerprint density at radius 1 is 1.15 bits per heavy atom. The smallest absolute Gasteiger partial charge is 0.303 e. The average molecular weight is 471 g/mol. The quantitative estimate of drug-likeness (QED) is 0.577. The minimum atomic E-state index is -0.769. The summed E-state index contributed by atoms with van der Waals surface area (Å²) in [5.41, 5.74) is 0.735. The Morgan fingerprint density at radius 2 is 1.79 bits per heavy atom. The third-order valence-corrected chi connectivity index (χ3v) is 7.90. The van der Waals surface area contributed by atoms with Gasteiger partial charge < -0.3 is 15.7 Å². The Balaban J connectivity index is 1.43. The van der Waals surface area contributed by atoms with Gasteiger partial charge >= 0.3 is 5.97 Å². The number of aliphatic carboxylic acids is 1. The van der Waals surface area contributed by atoms with Crippen molar-refractivity contribution in [3.05, 3.63) is 45.8 Å². The Labute approximate surface area is 196 Å². The highest BCUT2D eigenvalue weighted by atomic mass is 35.5. The van der Waals surface area contributed by atoms with Gasteiger partial charge in [0.2, 0.25) is 5.91 Å². The first-order valence-electron chi connectivity index (χ1n) is 11.3. The van der Waals surface area contributed by atoms with Crippen LogP contribution in [-0.4, -0.2) is 26.8 Å². The number of halogens is 1. The monoisotopic (exact) mass is 470 g/mol. The molecule has 33 heavy (non-hydrogen) atoms. The number of carboxylic acid groups (broad SMARTS) is 1. The van der Waals surface area contributed by atoms with Crippen LogP contribution >= 0.6 is 11.6 Å². The molecule has 8 nitrogen and oxygen atoms in total. The molecule has 4 fully saturated rings. The molecule has 4 aliphatic carbocycles. The van der Waals surface area contributed by atoms with E-state index in [-0.39, 0.29) is 28.3 Å². The number of anilines is 3. The Kier molecular flexibility index (Phi) is 5.23. The summed E-state index contributed by atoms with van der Waals surface area (Å²) in [7, 11) is 0. The van der Waals surface area contributed by atoms with Gasteiger partial charge in [-0.25, -0.2) is 4.68 Å². The summed E-state index contributed by atoms with van der Waals surface area (Å²) in [5.74, 6) is -0.0631. The number of aromatic nitrogens is 2. The van der Waals surface area contributed by atoms with Crippen LogP contribution in [0.5, 0.6) is 0 Å². The van der Waals surface area contributed by atoms with Gasteiger partial charge in [0.1, 0.15) is 5.02 Å². The third kappa shape index (κ3) is 4.01. The molecular weight excluding hydrogens is 444 g/mol. The molecule has 4 bridgehead atoms. The molecule has 4 saturated carbocycles. The lowest BCUT2D eigenvalue weighted by Crippen LogP contribution is -2.59. The van der Waals surface area contributed by atoms with Crippen molar-refractivity contribution in [2.24, 2.45) is 17.3 Å². The molecule has 1 aromatic heterocycles. The first-order valence-corrected chi connectivity index (χ1v) is 11.7. The van der Waals surface area contributed by atoms with Crippen molar-refractivity contribution in [3.63, 3.8) is 0 Å². The summed E-state index contributed by atoms with van der Waals surface area (Å²) in [6.45, 7) is 1.44. The highest BCUT2D eigenvalue weighted by Gasteiger charge is 2.59. The molecule has 4 aliphatic rings. The van der Waals surface area contributed by atoms with E-state index in [9.17, 15) is 19.5 Å². The molecule has 0 radical (unpaired) electrons. The number of carboxylic acids is 1. The topological polar surface area (TPSA) is 113 Å². The molecule has 0 aliphatic heterocycles. The molecule has 1 amide bonds. The number of hydrogen-bond acceptors (Lipinski definition) is 5. The molecule has 1 heterocycles. The fourth-order valence-corrected chi connectivity index (χ4v) is 7.21. The standard InChI is InChI=1S/C24H27ClN4O4/c1-14(30)27-17-2-4-18(5-3-17)28-19-12-26-29(22(33)21(19)25)24-9-15-6-16(10-24)8-23(7-15,13-24)11-20(31)32/h2-5,12,15-16,28H,6-11,13H2,1H3,(H,27,30)(H,31,32)/t15-,16+,23?,24?. The number of nitrogens with zero attached hydrogens (tertiary/aromatic N) is 2. The Hall–Kier alpha value is -2.87. The molecule has 0 spiro atoms. The third-order valence-electron chi connectivity index (χ3n) is 7.53. The number of nitrogens with one attached hydrogen (secondary N) is 2. The van der Waals surface area contributed by atoms with E-state index in [1.54, 1.807) is 35.1 Å². The lowest BCUT2D eigenvalue weighted by Gasteiger charge is -2.61. The molecule has 1 aromatic carbocycles. The summed E-state index contributed by atoms with van der Waals surface area (Å²) in [6.07, 6.45) is 7.06. The molecule has 0 saturated heterocycles. The maximum Gasteiger partial charge on any atom is 0.303 e. The van der Waals surface area contributed by atoms with E-state index in [4.69, 9.17) is 11.6 Å². The van der Waals surface area contributed by atoms with E-state index in [2.05, 4.69) is 15.7 Å². The van der Waals surface area contributed by atoms with Crippen LogP contribution in [-0.2, 0) is 15.1 Å². The van der Waals surface area contributed by atoms with Gasteiger partial charge in [0.15, 0.2) is 0 Å². The van der Waals surface area contributed by atoms with Crippen LogP contribution < -0.4 is 16.2 Å². The van der Waals surface area contributed by atoms with Crippen LogP contribution in [0.25, 0.3) is 0 Å². The van der Waals surface area contributed by atoms with Gasteiger partial charge in [-0.1, -0.05) is 11.6 Å². The molecular formula is C24H27ClN4O4. The summed E-state index contributed by atoms with van der Waals surface area (Å²) >= 11 is 6.52. The van der Waals surface area contributed by atoms with E-state index < -0.39 is 11.5 Å². The maximum absolute atomic E-state index is 13.4. The van der Waals surface area contributed by atoms with Crippen molar-refractivity contribution in [3.8, 4) is 0 Å². The fourth-order valence-electron chi connectivity index (χ4n) is 7.03. The van der Waals surface area contributed by atoms with Crippen LogP contribution in [0.15, 0.2) is 35.3 Å². The van der Waals surface area contributed by atoms with Gasteiger partial charge in [-0.2, -0.15) is 5.10 Å². The lowest BCUT2D eigenvalue weighted by molar-refractivity contribution is -0.151. The molecule has 6 rings (SSSR count). The summed E-state index contributed by atoms with van der Waals surface area (Å²) in [6, 6.07) is 7.07. The number of carbonyl (C=O) groups is 2. The predicted octanol–water partition coefficient (Wildman–Crippen LogP) is 4.37. The minimum Gasteiger partial charge on any atom is -0.481 e. The van der Waals surface area contributed by atoms with Gasteiger partial charge in [-0.15, -0.1) is 0 Å². The van der Waals surface area contributed by atoms with Gasteiger partial charge in [0.25, 0.3) is 5.56 Å². The lowest BCUT2D eigenvalue weighted by atomic mass is 9.46. The second-order valence-corrected chi connectivity index (χ2v) is 10.6. The van der Waals surface area contributed by atoms with E-state index in [1.165, 1.54) is 6.92 Å². The second kappa shape index (κ2) is 7.87. The van der Waals surface area contributed by atoms with Crippen molar-refractivity contribution in [1.29, 1.82) is 0 Å². The number of amides is 1. The SMILES string of the molecule is CC(=O)Nc1ccc(Nc2cnn(C34C[C@@H]5C[C@@H](CC(CC(=O)O)(C5)C3)C4)c(=O)c2Cl)cc1. The molecule has 3 N–H and O–H groups in total. The van der Waals surface area contributed by atoms with Crippen molar-refractivity contribution >= 4 is 40.5 Å². The predicted molar refractivity (Wildman–Crippen MR) is 125 cm³/mol. The van der Waals surface area contributed by atoms with Crippen LogP contribution in [0.1, 0.15) is 51.9 Å². The summed E-state index contributed by atoms with van der Waals surface area (Å²) in [5, 5.41) is 20.0. The van der Waals surface area contributed by atoms with Crippen molar-refractivity contribution in [2.45, 2.75) is 57.4 Å². The second-order valence-electron chi connectivity index (χ2n) is 10.2.